The topological polar surface area (TPSA) is 26.0 Å². The molecule has 0 aromatic carbocycles. The second-order valence-corrected chi connectivity index (χ2v) is 5.95. The van der Waals surface area contributed by atoms with Crippen LogP contribution in [0.1, 0.15) is 48.5 Å². The molecule has 0 bridgehead atoms. The molecule has 2 N–H and O–H groups in total. The predicted octanol–water partition coefficient (Wildman–Crippen LogP) is 3.60. The van der Waals surface area contributed by atoms with Crippen LogP contribution in [0.15, 0.2) is 12.2 Å². The third-order valence-electron chi connectivity index (χ3n) is 3.48. The number of rotatable bonds is 4. The van der Waals surface area contributed by atoms with Crippen molar-refractivity contribution in [1.29, 1.82) is 0 Å². The fourth-order valence-electron chi connectivity index (χ4n) is 0.833. The standard InChI is InChI=1S/C13H27N/c1-10(2)12(4,5)9-8-11(3)13(6,7)14/h8-11H,14H2,1-7H3/b9-8-. The van der Waals surface area contributed by atoms with E-state index in [0.717, 1.165) is 0 Å². The lowest BCUT2D eigenvalue weighted by Crippen LogP contribution is -2.38. The molecule has 1 heteroatoms. The third kappa shape index (κ3) is 4.28. The van der Waals surface area contributed by atoms with E-state index in [1.165, 1.54) is 0 Å². The van der Waals surface area contributed by atoms with Gasteiger partial charge in [-0.25, -0.2) is 0 Å². The van der Waals surface area contributed by atoms with Gasteiger partial charge in [0.05, 0.1) is 0 Å². The van der Waals surface area contributed by atoms with Gasteiger partial charge in [0, 0.05) is 5.54 Å². The summed E-state index contributed by atoms with van der Waals surface area (Å²) in [5.74, 6) is 1.08. The van der Waals surface area contributed by atoms with E-state index >= 15 is 0 Å². The van der Waals surface area contributed by atoms with Gasteiger partial charge in [-0.3, -0.25) is 0 Å². The first kappa shape index (κ1) is 13.7. The molecule has 0 rings (SSSR count). The molecule has 0 aliphatic heterocycles. The average Bonchev–Trinajstić information content (AvgIpc) is 1.98. The maximum absolute atomic E-state index is 6.03. The highest BCUT2D eigenvalue weighted by Crippen LogP contribution is 2.29. The minimum atomic E-state index is -0.121. The van der Waals surface area contributed by atoms with Gasteiger partial charge in [0.2, 0.25) is 0 Å². The summed E-state index contributed by atoms with van der Waals surface area (Å²) in [6.45, 7) is 15.4. The fourth-order valence-corrected chi connectivity index (χ4v) is 0.833. The van der Waals surface area contributed by atoms with Crippen LogP contribution in [0.2, 0.25) is 0 Å². The van der Waals surface area contributed by atoms with Gasteiger partial charge >= 0.3 is 0 Å². The van der Waals surface area contributed by atoms with E-state index < -0.39 is 0 Å². The number of hydrogen-bond donors (Lipinski definition) is 1. The van der Waals surface area contributed by atoms with Crippen molar-refractivity contribution >= 4 is 0 Å². The van der Waals surface area contributed by atoms with Gasteiger partial charge in [0.25, 0.3) is 0 Å². The highest BCUT2D eigenvalue weighted by Gasteiger charge is 2.21. The molecule has 0 saturated heterocycles. The van der Waals surface area contributed by atoms with Gasteiger partial charge in [-0.2, -0.15) is 0 Å². The first-order chi connectivity index (χ1) is 6.07. The Labute approximate surface area is 89.8 Å². The van der Waals surface area contributed by atoms with Gasteiger partial charge in [-0.05, 0) is 31.1 Å². The average molecular weight is 197 g/mol. The first-order valence-electron chi connectivity index (χ1n) is 5.55. The van der Waals surface area contributed by atoms with Crippen molar-refractivity contribution in [3.05, 3.63) is 12.2 Å². The molecule has 1 atom stereocenters. The van der Waals surface area contributed by atoms with Crippen LogP contribution >= 0.6 is 0 Å². The quantitative estimate of drug-likeness (QED) is 0.685. The minimum Gasteiger partial charge on any atom is -0.325 e. The second-order valence-electron chi connectivity index (χ2n) is 5.95. The maximum atomic E-state index is 6.03. The van der Waals surface area contributed by atoms with Crippen molar-refractivity contribution in [1.82, 2.24) is 0 Å². The van der Waals surface area contributed by atoms with Crippen LogP contribution < -0.4 is 5.73 Å². The molecule has 1 nitrogen and oxygen atoms in total. The Kier molecular flexibility index (Phi) is 4.38. The Hall–Kier alpha value is -0.300. The van der Waals surface area contributed by atoms with Crippen molar-refractivity contribution in [2.45, 2.75) is 54.0 Å². The monoisotopic (exact) mass is 197 g/mol. The zero-order chi connectivity index (χ0) is 11.6. The molecule has 84 valence electrons. The second kappa shape index (κ2) is 4.48. The molecule has 0 aliphatic rings. The van der Waals surface area contributed by atoms with Crippen molar-refractivity contribution in [2.75, 3.05) is 0 Å². The van der Waals surface area contributed by atoms with E-state index in [4.69, 9.17) is 5.73 Å². The van der Waals surface area contributed by atoms with Crippen LogP contribution in [0, 0.1) is 17.3 Å². The van der Waals surface area contributed by atoms with Crippen molar-refractivity contribution in [3.8, 4) is 0 Å². The lowest BCUT2D eigenvalue weighted by atomic mass is 9.79. The van der Waals surface area contributed by atoms with E-state index in [2.05, 4.69) is 60.6 Å². The SMILES string of the molecule is CC(/C=C\C(C)(C)C(C)C)C(C)(C)N. The molecular weight excluding hydrogens is 170 g/mol. The Morgan fingerprint density at radius 1 is 1.00 bits per heavy atom. The van der Waals surface area contributed by atoms with Crippen molar-refractivity contribution in [3.63, 3.8) is 0 Å². The van der Waals surface area contributed by atoms with Gasteiger partial charge in [0.15, 0.2) is 0 Å². The number of allylic oxidation sites excluding steroid dienone is 1. The van der Waals surface area contributed by atoms with Crippen LogP contribution in [-0.2, 0) is 0 Å². The minimum absolute atomic E-state index is 0.121. The van der Waals surface area contributed by atoms with Gasteiger partial charge in [-0.1, -0.05) is 46.8 Å². The lowest BCUT2D eigenvalue weighted by Gasteiger charge is -2.28. The molecule has 0 aromatic heterocycles. The highest BCUT2D eigenvalue weighted by molar-refractivity contribution is 5.02. The van der Waals surface area contributed by atoms with Crippen LogP contribution in [0.4, 0.5) is 0 Å². The number of hydrogen-bond acceptors (Lipinski definition) is 1. The summed E-state index contributed by atoms with van der Waals surface area (Å²) >= 11 is 0. The van der Waals surface area contributed by atoms with Crippen LogP contribution in [0.3, 0.4) is 0 Å². The Bertz CT molecular complexity index is 194. The number of nitrogens with two attached hydrogens (primary N) is 1. The van der Waals surface area contributed by atoms with Crippen molar-refractivity contribution < 1.29 is 0 Å². The van der Waals surface area contributed by atoms with Crippen molar-refractivity contribution in [2.24, 2.45) is 23.0 Å². The molecule has 0 spiro atoms. The van der Waals surface area contributed by atoms with E-state index in [9.17, 15) is 0 Å². The van der Waals surface area contributed by atoms with E-state index in [-0.39, 0.29) is 11.0 Å². The van der Waals surface area contributed by atoms with Crippen LogP contribution in [0.25, 0.3) is 0 Å². The summed E-state index contributed by atoms with van der Waals surface area (Å²) in [6.07, 6.45) is 4.55. The molecule has 0 saturated carbocycles. The molecule has 1 unspecified atom stereocenters. The maximum Gasteiger partial charge on any atom is 0.0157 e. The third-order valence-corrected chi connectivity index (χ3v) is 3.48. The Balaban J connectivity index is 4.45. The molecule has 0 aliphatic carbocycles. The summed E-state index contributed by atoms with van der Waals surface area (Å²) in [6, 6.07) is 0. The highest BCUT2D eigenvalue weighted by atomic mass is 14.7. The van der Waals surface area contributed by atoms with E-state index in [1.807, 2.05) is 0 Å². The summed E-state index contributed by atoms with van der Waals surface area (Å²) in [4.78, 5) is 0. The molecular formula is C13H27N. The Morgan fingerprint density at radius 3 is 1.71 bits per heavy atom. The fraction of sp³-hybridized carbons (Fsp3) is 0.846. The van der Waals surface area contributed by atoms with E-state index in [1.54, 1.807) is 0 Å². The molecule has 0 fully saturated rings. The molecule has 0 aromatic rings. The van der Waals surface area contributed by atoms with Gasteiger partial charge in [0.1, 0.15) is 0 Å². The van der Waals surface area contributed by atoms with E-state index in [0.29, 0.717) is 11.8 Å². The molecule has 14 heavy (non-hydrogen) atoms. The zero-order valence-corrected chi connectivity index (χ0v) is 10.9. The molecule has 0 amide bonds. The van der Waals surface area contributed by atoms with Crippen LogP contribution in [0.5, 0.6) is 0 Å². The largest absolute Gasteiger partial charge is 0.325 e. The normalized spacial score (nSPS) is 16.6. The van der Waals surface area contributed by atoms with Gasteiger partial charge < -0.3 is 5.73 Å². The van der Waals surface area contributed by atoms with Gasteiger partial charge in [-0.15, -0.1) is 0 Å². The summed E-state index contributed by atoms with van der Waals surface area (Å²) in [5.41, 5.74) is 6.18. The zero-order valence-electron chi connectivity index (χ0n) is 10.9. The van der Waals surface area contributed by atoms with Crippen LogP contribution in [-0.4, -0.2) is 5.54 Å². The summed E-state index contributed by atoms with van der Waals surface area (Å²) in [7, 11) is 0. The first-order valence-corrected chi connectivity index (χ1v) is 5.55. The Morgan fingerprint density at radius 2 is 1.43 bits per heavy atom. The summed E-state index contributed by atoms with van der Waals surface area (Å²) in [5, 5.41) is 0. The lowest BCUT2D eigenvalue weighted by molar-refractivity contribution is 0.327. The summed E-state index contributed by atoms with van der Waals surface area (Å²) < 4.78 is 0. The smallest absolute Gasteiger partial charge is 0.0157 e. The molecule has 0 radical (unpaired) electrons. The molecule has 0 heterocycles. The predicted molar refractivity (Wildman–Crippen MR) is 65.2 cm³/mol.